The van der Waals surface area contributed by atoms with Crippen molar-refractivity contribution in [1.29, 1.82) is 0 Å². The summed E-state index contributed by atoms with van der Waals surface area (Å²) in [5, 5.41) is 8.81. The minimum Gasteiger partial charge on any atom is -0.465 e. The van der Waals surface area contributed by atoms with Crippen LogP contribution in [0.4, 0.5) is 0 Å². The summed E-state index contributed by atoms with van der Waals surface area (Å²) >= 11 is 0. The minimum absolute atomic E-state index is 0.201. The molecule has 0 aliphatic rings. The maximum absolute atomic E-state index is 10.3. The van der Waals surface area contributed by atoms with E-state index in [1.54, 1.807) is 0 Å². The van der Waals surface area contributed by atoms with Crippen LogP contribution in [0.3, 0.4) is 0 Å². The standard InChI is InChI=1S/C5H6O5S/c6-5(11(7,8)9)4-2-1-3-10-4/h1-3,5-6H,(H,7,8,9). The molecule has 0 amide bonds. The molecule has 62 valence electrons. The van der Waals surface area contributed by atoms with Gasteiger partial charge in [-0.05, 0) is 12.1 Å². The summed E-state index contributed by atoms with van der Waals surface area (Å²) in [5.74, 6) is -0.201. The highest BCUT2D eigenvalue weighted by Gasteiger charge is 2.23. The molecule has 1 heterocycles. The Morgan fingerprint density at radius 1 is 1.55 bits per heavy atom. The first-order valence-electron chi connectivity index (χ1n) is 2.69. The van der Waals surface area contributed by atoms with E-state index < -0.39 is 15.6 Å². The molecule has 0 saturated heterocycles. The fourth-order valence-electron chi connectivity index (χ4n) is 0.579. The lowest BCUT2D eigenvalue weighted by Crippen LogP contribution is -2.09. The van der Waals surface area contributed by atoms with Crippen molar-refractivity contribution in [3.8, 4) is 0 Å². The van der Waals surface area contributed by atoms with Gasteiger partial charge in [-0.2, -0.15) is 8.42 Å². The molecule has 1 aromatic heterocycles. The maximum atomic E-state index is 10.3. The van der Waals surface area contributed by atoms with E-state index in [1.807, 2.05) is 0 Å². The Hall–Kier alpha value is -0.850. The normalized spacial score (nSPS) is 14.7. The van der Waals surface area contributed by atoms with E-state index in [1.165, 1.54) is 18.4 Å². The molecule has 2 N–H and O–H groups in total. The molecule has 11 heavy (non-hydrogen) atoms. The summed E-state index contributed by atoms with van der Waals surface area (Å²) in [6.07, 6.45) is 1.20. The molecule has 0 aliphatic carbocycles. The van der Waals surface area contributed by atoms with Gasteiger partial charge in [-0.25, -0.2) is 0 Å². The van der Waals surface area contributed by atoms with Gasteiger partial charge in [0.25, 0.3) is 10.1 Å². The topological polar surface area (TPSA) is 87.7 Å². The van der Waals surface area contributed by atoms with Crippen molar-refractivity contribution in [2.75, 3.05) is 0 Å². The highest BCUT2D eigenvalue weighted by atomic mass is 32.2. The lowest BCUT2D eigenvalue weighted by atomic mass is 10.5. The molecule has 0 aromatic carbocycles. The number of furan rings is 1. The summed E-state index contributed by atoms with van der Waals surface area (Å²) < 4.78 is 33.4. The summed E-state index contributed by atoms with van der Waals surface area (Å²) in [5.41, 5.74) is -1.99. The largest absolute Gasteiger partial charge is 0.465 e. The van der Waals surface area contributed by atoms with Crippen LogP contribution in [0.5, 0.6) is 0 Å². The van der Waals surface area contributed by atoms with Gasteiger partial charge < -0.3 is 9.52 Å². The van der Waals surface area contributed by atoms with Crippen molar-refractivity contribution in [1.82, 2.24) is 0 Å². The molecule has 1 unspecified atom stereocenters. The van der Waals surface area contributed by atoms with Gasteiger partial charge in [0.15, 0.2) is 0 Å². The number of aliphatic hydroxyl groups is 1. The smallest absolute Gasteiger partial charge is 0.299 e. The third kappa shape index (κ3) is 1.79. The van der Waals surface area contributed by atoms with Gasteiger partial charge in [0.1, 0.15) is 5.76 Å². The fourth-order valence-corrected chi connectivity index (χ4v) is 1.01. The van der Waals surface area contributed by atoms with E-state index in [9.17, 15) is 8.42 Å². The van der Waals surface area contributed by atoms with E-state index >= 15 is 0 Å². The summed E-state index contributed by atoms with van der Waals surface area (Å²) in [6.45, 7) is 0. The van der Waals surface area contributed by atoms with E-state index in [2.05, 4.69) is 4.42 Å². The molecular weight excluding hydrogens is 172 g/mol. The van der Waals surface area contributed by atoms with Crippen LogP contribution in [0.25, 0.3) is 0 Å². The first-order valence-corrected chi connectivity index (χ1v) is 4.20. The van der Waals surface area contributed by atoms with Crippen LogP contribution in [0.15, 0.2) is 22.8 Å². The van der Waals surface area contributed by atoms with Crippen LogP contribution >= 0.6 is 0 Å². The van der Waals surface area contributed by atoms with Crippen molar-refractivity contribution in [3.05, 3.63) is 24.2 Å². The first kappa shape index (κ1) is 8.25. The zero-order valence-electron chi connectivity index (χ0n) is 5.34. The molecule has 0 saturated carbocycles. The highest BCUT2D eigenvalue weighted by Crippen LogP contribution is 2.17. The van der Waals surface area contributed by atoms with Crippen LogP contribution < -0.4 is 0 Å². The molecule has 1 aromatic rings. The molecule has 1 rings (SSSR count). The molecule has 5 nitrogen and oxygen atoms in total. The predicted octanol–water partition coefficient (Wildman–Crippen LogP) is 0.158. The van der Waals surface area contributed by atoms with Gasteiger partial charge in [-0.1, -0.05) is 0 Å². The van der Waals surface area contributed by atoms with Gasteiger partial charge in [0, 0.05) is 0 Å². The number of hydrogen-bond donors (Lipinski definition) is 2. The summed E-state index contributed by atoms with van der Waals surface area (Å²) in [4.78, 5) is 0. The quantitative estimate of drug-likeness (QED) is 0.630. The third-order valence-corrected chi connectivity index (χ3v) is 1.87. The lowest BCUT2D eigenvalue weighted by Gasteiger charge is -2.01. The number of rotatable bonds is 2. The van der Waals surface area contributed by atoms with E-state index in [-0.39, 0.29) is 5.76 Å². The fraction of sp³-hybridized carbons (Fsp3) is 0.200. The zero-order valence-corrected chi connectivity index (χ0v) is 6.15. The summed E-state index contributed by atoms with van der Waals surface area (Å²) in [7, 11) is -4.46. The molecular formula is C5H6O5S. The molecule has 0 radical (unpaired) electrons. The van der Waals surface area contributed by atoms with Gasteiger partial charge >= 0.3 is 0 Å². The average Bonchev–Trinajstić information content (AvgIpc) is 2.34. The van der Waals surface area contributed by atoms with Gasteiger partial charge in [0.05, 0.1) is 6.26 Å². The molecule has 0 aliphatic heterocycles. The van der Waals surface area contributed by atoms with Crippen molar-refractivity contribution >= 4 is 10.1 Å². The predicted molar refractivity (Wildman–Crippen MR) is 35.2 cm³/mol. The monoisotopic (exact) mass is 178 g/mol. The molecule has 1 atom stereocenters. The van der Waals surface area contributed by atoms with Crippen LogP contribution in [0.2, 0.25) is 0 Å². The Bertz CT molecular complexity index is 311. The maximum Gasteiger partial charge on any atom is 0.299 e. The Kier molecular flexibility index (Phi) is 1.99. The Balaban J connectivity index is 2.97. The molecule has 0 bridgehead atoms. The molecule has 0 fully saturated rings. The van der Waals surface area contributed by atoms with Crippen LogP contribution in [-0.2, 0) is 10.1 Å². The number of hydrogen-bond acceptors (Lipinski definition) is 4. The molecule has 0 spiro atoms. The van der Waals surface area contributed by atoms with Crippen molar-refractivity contribution < 1.29 is 22.5 Å². The van der Waals surface area contributed by atoms with Crippen LogP contribution in [0.1, 0.15) is 11.2 Å². The van der Waals surface area contributed by atoms with Gasteiger partial charge in [0.2, 0.25) is 5.44 Å². The Morgan fingerprint density at radius 2 is 2.18 bits per heavy atom. The van der Waals surface area contributed by atoms with Crippen LogP contribution in [0, 0.1) is 0 Å². The highest BCUT2D eigenvalue weighted by molar-refractivity contribution is 7.85. The van der Waals surface area contributed by atoms with E-state index in [0.29, 0.717) is 0 Å². The SMILES string of the molecule is O=S(=O)(O)C(O)c1ccco1. The third-order valence-electron chi connectivity index (χ3n) is 1.07. The van der Waals surface area contributed by atoms with Crippen molar-refractivity contribution in [3.63, 3.8) is 0 Å². The molecule has 6 heteroatoms. The second-order valence-corrected chi connectivity index (χ2v) is 3.36. The van der Waals surface area contributed by atoms with E-state index in [0.717, 1.165) is 0 Å². The first-order chi connectivity index (χ1) is 5.02. The van der Waals surface area contributed by atoms with Crippen molar-refractivity contribution in [2.45, 2.75) is 5.44 Å². The number of aliphatic hydroxyl groups excluding tert-OH is 1. The van der Waals surface area contributed by atoms with E-state index in [4.69, 9.17) is 9.66 Å². The van der Waals surface area contributed by atoms with Gasteiger partial charge in [-0.3, -0.25) is 4.55 Å². The van der Waals surface area contributed by atoms with Crippen molar-refractivity contribution in [2.24, 2.45) is 0 Å². The minimum atomic E-state index is -4.46. The Morgan fingerprint density at radius 3 is 2.55 bits per heavy atom. The Labute approximate surface area is 63.0 Å². The zero-order chi connectivity index (χ0) is 8.48. The van der Waals surface area contributed by atoms with Crippen LogP contribution in [-0.4, -0.2) is 18.1 Å². The average molecular weight is 178 g/mol. The second-order valence-electron chi connectivity index (χ2n) is 1.88. The van der Waals surface area contributed by atoms with Gasteiger partial charge in [-0.15, -0.1) is 0 Å². The summed E-state index contributed by atoms with van der Waals surface area (Å²) in [6, 6.07) is 2.65. The lowest BCUT2D eigenvalue weighted by molar-refractivity contribution is 0.209. The second kappa shape index (κ2) is 2.65.